The third kappa shape index (κ3) is 4.86. The van der Waals surface area contributed by atoms with E-state index < -0.39 is 23.5 Å². The van der Waals surface area contributed by atoms with Gasteiger partial charge in [0, 0.05) is 23.7 Å². The Hall–Kier alpha value is -1.03. The molecule has 0 radical (unpaired) electrons. The van der Waals surface area contributed by atoms with Crippen LogP contribution in [-0.2, 0) is 0 Å². The molecule has 108 valence electrons. The number of nitrogens with two attached hydrogens (primary N) is 1. The number of halogens is 3. The maximum atomic E-state index is 13.6. The summed E-state index contributed by atoms with van der Waals surface area (Å²) in [5.41, 5.74) is 5.78. The molecule has 0 heterocycles. The summed E-state index contributed by atoms with van der Waals surface area (Å²) >= 11 is 0. The first-order valence-electron chi connectivity index (χ1n) is 6.50. The van der Waals surface area contributed by atoms with E-state index in [-0.39, 0.29) is 16.9 Å². The average molecular weight is 273 g/mol. The fourth-order valence-electron chi connectivity index (χ4n) is 2.59. The van der Waals surface area contributed by atoms with E-state index in [1.54, 1.807) is 0 Å². The minimum Gasteiger partial charge on any atom is -0.324 e. The van der Waals surface area contributed by atoms with E-state index in [0.29, 0.717) is 18.6 Å². The van der Waals surface area contributed by atoms with Crippen molar-refractivity contribution in [2.75, 3.05) is 0 Å². The standard InChI is InChI=1S/C15H22F3N/c1-9(8-15(2,3)4)5-13(19)14-11(17)6-10(16)7-12(14)18/h6-7,9,13H,5,8,19H2,1-4H3. The van der Waals surface area contributed by atoms with Gasteiger partial charge in [0.05, 0.1) is 0 Å². The Morgan fingerprint density at radius 3 is 2.00 bits per heavy atom. The van der Waals surface area contributed by atoms with Crippen molar-refractivity contribution in [2.45, 2.75) is 46.6 Å². The molecular formula is C15H22F3N. The van der Waals surface area contributed by atoms with Gasteiger partial charge in [0.2, 0.25) is 0 Å². The van der Waals surface area contributed by atoms with Crippen molar-refractivity contribution in [3.05, 3.63) is 35.1 Å². The normalized spacial score (nSPS) is 15.4. The highest BCUT2D eigenvalue weighted by Gasteiger charge is 2.22. The van der Waals surface area contributed by atoms with Crippen molar-refractivity contribution in [3.8, 4) is 0 Å². The van der Waals surface area contributed by atoms with Gasteiger partial charge in [0.1, 0.15) is 17.5 Å². The quantitative estimate of drug-likeness (QED) is 0.854. The molecule has 19 heavy (non-hydrogen) atoms. The van der Waals surface area contributed by atoms with E-state index in [9.17, 15) is 13.2 Å². The Morgan fingerprint density at radius 1 is 1.11 bits per heavy atom. The van der Waals surface area contributed by atoms with E-state index in [0.717, 1.165) is 6.42 Å². The highest BCUT2D eigenvalue weighted by molar-refractivity contribution is 5.24. The summed E-state index contributed by atoms with van der Waals surface area (Å²) in [5.74, 6) is -2.51. The minimum absolute atomic E-state index is 0.138. The predicted octanol–water partition coefficient (Wildman–Crippen LogP) is 4.57. The van der Waals surface area contributed by atoms with E-state index in [1.165, 1.54) is 0 Å². The van der Waals surface area contributed by atoms with Crippen molar-refractivity contribution in [2.24, 2.45) is 17.1 Å². The summed E-state index contributed by atoms with van der Waals surface area (Å²) in [6.45, 7) is 8.32. The summed E-state index contributed by atoms with van der Waals surface area (Å²) < 4.78 is 40.0. The van der Waals surface area contributed by atoms with Crippen molar-refractivity contribution in [3.63, 3.8) is 0 Å². The Balaban J connectivity index is 2.81. The van der Waals surface area contributed by atoms with Crippen LogP contribution in [0.5, 0.6) is 0 Å². The van der Waals surface area contributed by atoms with Gasteiger partial charge in [-0.3, -0.25) is 0 Å². The molecule has 1 aromatic rings. The zero-order valence-electron chi connectivity index (χ0n) is 11.9. The highest BCUT2D eigenvalue weighted by Crippen LogP contribution is 2.31. The van der Waals surface area contributed by atoms with Crippen LogP contribution in [0.15, 0.2) is 12.1 Å². The van der Waals surface area contributed by atoms with Gasteiger partial charge in [-0.2, -0.15) is 0 Å². The van der Waals surface area contributed by atoms with Crippen LogP contribution in [0.25, 0.3) is 0 Å². The molecule has 1 aromatic carbocycles. The molecule has 0 aliphatic carbocycles. The molecule has 0 fully saturated rings. The van der Waals surface area contributed by atoms with Crippen molar-refractivity contribution >= 4 is 0 Å². The van der Waals surface area contributed by atoms with E-state index in [1.807, 2.05) is 6.92 Å². The maximum Gasteiger partial charge on any atom is 0.133 e. The fourth-order valence-corrected chi connectivity index (χ4v) is 2.59. The smallest absolute Gasteiger partial charge is 0.133 e. The Labute approximate surface area is 113 Å². The fraction of sp³-hybridized carbons (Fsp3) is 0.600. The van der Waals surface area contributed by atoms with Crippen LogP contribution in [0.1, 0.15) is 52.1 Å². The van der Waals surface area contributed by atoms with Gasteiger partial charge in [-0.15, -0.1) is 0 Å². The first-order chi connectivity index (χ1) is 8.60. The van der Waals surface area contributed by atoms with Gasteiger partial charge in [-0.25, -0.2) is 13.2 Å². The molecule has 0 amide bonds. The van der Waals surface area contributed by atoms with Gasteiger partial charge < -0.3 is 5.73 Å². The molecule has 2 unspecified atom stereocenters. The van der Waals surface area contributed by atoms with E-state index >= 15 is 0 Å². The summed E-state index contributed by atoms with van der Waals surface area (Å²) in [4.78, 5) is 0. The van der Waals surface area contributed by atoms with E-state index in [2.05, 4.69) is 20.8 Å². The van der Waals surface area contributed by atoms with E-state index in [4.69, 9.17) is 5.73 Å². The van der Waals surface area contributed by atoms with Gasteiger partial charge in [0.15, 0.2) is 0 Å². The Morgan fingerprint density at radius 2 is 1.58 bits per heavy atom. The minimum atomic E-state index is -0.923. The second-order valence-corrected chi connectivity index (χ2v) is 6.50. The van der Waals surface area contributed by atoms with Crippen LogP contribution >= 0.6 is 0 Å². The predicted molar refractivity (Wildman–Crippen MR) is 71.1 cm³/mol. The van der Waals surface area contributed by atoms with Crippen LogP contribution in [0.2, 0.25) is 0 Å². The van der Waals surface area contributed by atoms with Crippen LogP contribution in [0, 0.1) is 28.8 Å². The van der Waals surface area contributed by atoms with Crippen molar-refractivity contribution in [1.82, 2.24) is 0 Å². The van der Waals surface area contributed by atoms with Crippen LogP contribution < -0.4 is 5.73 Å². The first kappa shape index (κ1) is 16.0. The van der Waals surface area contributed by atoms with Gasteiger partial charge in [-0.1, -0.05) is 27.7 Å². The largest absolute Gasteiger partial charge is 0.324 e. The lowest BCUT2D eigenvalue weighted by atomic mass is 9.82. The van der Waals surface area contributed by atoms with Gasteiger partial charge >= 0.3 is 0 Å². The van der Waals surface area contributed by atoms with Crippen molar-refractivity contribution in [1.29, 1.82) is 0 Å². The Bertz CT molecular complexity index is 415. The highest BCUT2D eigenvalue weighted by atomic mass is 19.1. The Kier molecular flexibility index (Phi) is 5.02. The molecule has 4 heteroatoms. The lowest BCUT2D eigenvalue weighted by molar-refractivity contribution is 0.284. The molecular weight excluding hydrogens is 251 g/mol. The monoisotopic (exact) mass is 273 g/mol. The summed E-state index contributed by atoms with van der Waals surface area (Å²) in [7, 11) is 0. The molecule has 2 N–H and O–H groups in total. The zero-order chi connectivity index (χ0) is 14.8. The number of rotatable bonds is 4. The third-order valence-corrected chi connectivity index (χ3v) is 3.03. The zero-order valence-corrected chi connectivity index (χ0v) is 11.9. The molecule has 1 nitrogen and oxygen atoms in total. The molecule has 0 saturated heterocycles. The molecule has 0 saturated carbocycles. The molecule has 1 rings (SSSR count). The topological polar surface area (TPSA) is 26.0 Å². The number of hydrogen-bond acceptors (Lipinski definition) is 1. The average Bonchev–Trinajstić information content (AvgIpc) is 2.10. The maximum absolute atomic E-state index is 13.6. The molecule has 2 atom stereocenters. The van der Waals surface area contributed by atoms with Gasteiger partial charge in [0.25, 0.3) is 0 Å². The molecule has 0 bridgehead atoms. The molecule has 0 aliphatic heterocycles. The summed E-state index contributed by atoms with van der Waals surface area (Å²) in [5, 5.41) is 0. The molecule has 0 aliphatic rings. The first-order valence-corrected chi connectivity index (χ1v) is 6.50. The lowest BCUT2D eigenvalue weighted by Gasteiger charge is -2.25. The molecule has 0 aromatic heterocycles. The third-order valence-electron chi connectivity index (χ3n) is 3.03. The van der Waals surface area contributed by atoms with Crippen molar-refractivity contribution < 1.29 is 13.2 Å². The number of benzene rings is 1. The lowest BCUT2D eigenvalue weighted by Crippen LogP contribution is -2.20. The summed E-state index contributed by atoms with van der Waals surface area (Å²) in [6.07, 6.45) is 1.38. The van der Waals surface area contributed by atoms with Gasteiger partial charge in [-0.05, 0) is 24.2 Å². The second kappa shape index (κ2) is 5.95. The number of hydrogen-bond donors (Lipinski definition) is 1. The second-order valence-electron chi connectivity index (χ2n) is 6.50. The van der Waals surface area contributed by atoms with Crippen LogP contribution in [0.3, 0.4) is 0 Å². The SMILES string of the molecule is CC(CC(N)c1c(F)cc(F)cc1F)CC(C)(C)C. The van der Waals surface area contributed by atoms with Crippen LogP contribution in [0.4, 0.5) is 13.2 Å². The summed E-state index contributed by atoms with van der Waals surface area (Å²) in [6, 6.07) is 0.595. The molecule has 0 spiro atoms. The van der Waals surface area contributed by atoms with Crippen LogP contribution in [-0.4, -0.2) is 0 Å².